The molecule has 4 N–H and O–H groups in total. The van der Waals surface area contributed by atoms with Gasteiger partial charge in [-0.3, -0.25) is 14.2 Å². The first-order chi connectivity index (χ1) is 34.6. The molecule has 3 fully saturated rings. The number of amides is 4. The van der Waals surface area contributed by atoms with E-state index in [1.165, 1.54) is 32.5 Å². The summed E-state index contributed by atoms with van der Waals surface area (Å²) in [4.78, 5) is 71.4. The summed E-state index contributed by atoms with van der Waals surface area (Å²) in [5.41, 5.74) is 3.21. The second-order valence-electron chi connectivity index (χ2n) is 18.8. The summed E-state index contributed by atoms with van der Waals surface area (Å²) in [6, 6.07) is 10.2. The van der Waals surface area contributed by atoms with Gasteiger partial charge < -0.3 is 49.3 Å². The Morgan fingerprint density at radius 3 is 1.97 bits per heavy atom. The summed E-state index contributed by atoms with van der Waals surface area (Å²) < 4.78 is 82.5. The van der Waals surface area contributed by atoms with Crippen molar-refractivity contribution < 1.29 is 55.7 Å². The number of thiophene rings is 1. The largest absolute Gasteiger partial charge is 0.464 e. The van der Waals surface area contributed by atoms with Crippen LogP contribution in [0.5, 0.6) is 5.75 Å². The number of ether oxygens (including phenoxy) is 4. The maximum Gasteiger partial charge on any atom is 0.425 e. The van der Waals surface area contributed by atoms with E-state index in [2.05, 4.69) is 25.6 Å². The molecule has 4 aliphatic rings. The zero-order chi connectivity index (χ0) is 50.6. The molecule has 0 aliphatic carbocycles. The minimum absolute atomic E-state index is 0. The molecule has 10 rings (SSSR count). The summed E-state index contributed by atoms with van der Waals surface area (Å²) in [6.07, 6.45) is -0.0296. The lowest BCUT2D eigenvalue weighted by atomic mass is 9.90. The highest BCUT2D eigenvalue weighted by Crippen LogP contribution is 2.49. The Hall–Kier alpha value is -5.54. The van der Waals surface area contributed by atoms with E-state index in [0.717, 1.165) is 12.5 Å². The van der Waals surface area contributed by atoms with Crippen LogP contribution in [-0.2, 0) is 30.0 Å². The average molecular weight is 1150 g/mol. The summed E-state index contributed by atoms with van der Waals surface area (Å²) in [6.45, 7) is 5.53. The Labute approximate surface area is 467 Å². The van der Waals surface area contributed by atoms with Gasteiger partial charge in [0.2, 0.25) is 18.0 Å². The first-order valence-corrected chi connectivity index (χ1v) is 24.7. The Bertz CT molecular complexity index is 3050. The van der Waals surface area contributed by atoms with Gasteiger partial charge in [-0.1, -0.05) is 19.9 Å². The van der Waals surface area contributed by atoms with Gasteiger partial charge in [0.25, 0.3) is 0 Å². The van der Waals surface area contributed by atoms with E-state index in [1.54, 1.807) is 38.8 Å². The van der Waals surface area contributed by atoms with Crippen molar-refractivity contribution in [2.75, 3.05) is 40.5 Å². The summed E-state index contributed by atoms with van der Waals surface area (Å²) in [5, 5.41) is 6.06. The number of H-pyrrole nitrogens is 2. The quantitative estimate of drug-likeness (QED) is 0.0907. The van der Waals surface area contributed by atoms with Crippen LogP contribution in [0, 0.1) is 17.7 Å². The number of alkyl halides is 3. The number of hydrogen-bond donors (Lipinski definition) is 4. The van der Waals surface area contributed by atoms with Crippen molar-refractivity contribution in [2.45, 2.75) is 88.9 Å². The zero-order valence-corrected chi connectivity index (χ0v) is 46.6. The molecule has 3 saturated heterocycles. The predicted molar refractivity (Wildman–Crippen MR) is 297 cm³/mol. The number of hydrogen-bond acceptors (Lipinski definition) is 11. The van der Waals surface area contributed by atoms with E-state index in [0.29, 0.717) is 121 Å². The fourth-order valence-electron chi connectivity index (χ4n) is 10.5. The molecule has 0 radical (unpaired) electrons. The van der Waals surface area contributed by atoms with Crippen LogP contribution in [0.25, 0.3) is 44.7 Å². The lowest BCUT2D eigenvalue weighted by Crippen LogP contribution is -2.53. The minimum atomic E-state index is -4.60. The number of aromatic nitrogens is 5. The van der Waals surface area contributed by atoms with Gasteiger partial charge in [-0.2, -0.15) is 67.2 Å². The fourth-order valence-corrected chi connectivity index (χ4v) is 11.4. The highest BCUT2D eigenvalue weighted by atomic mass is 32.1. The van der Waals surface area contributed by atoms with Gasteiger partial charge in [-0.15, -0.1) is 11.3 Å². The monoisotopic (exact) mass is 1150 g/mol. The molecule has 4 amide bonds. The van der Waals surface area contributed by atoms with Gasteiger partial charge in [0.1, 0.15) is 40.2 Å². The molecule has 412 valence electrons. The van der Waals surface area contributed by atoms with Crippen LogP contribution in [0.4, 0.5) is 27.2 Å². The van der Waals surface area contributed by atoms with E-state index in [4.69, 9.17) is 23.9 Å². The molecule has 0 bridgehead atoms. The average Bonchev–Trinajstić information content (AvgIpc) is 4.24. The third-order valence-electron chi connectivity index (χ3n) is 14.1. The van der Waals surface area contributed by atoms with Crippen LogP contribution < -0.4 is 15.4 Å². The molecular weight excluding hydrogens is 1090 g/mol. The Kier molecular flexibility index (Phi) is 19.2. The van der Waals surface area contributed by atoms with Crippen molar-refractivity contribution in [3.05, 3.63) is 88.1 Å². The van der Waals surface area contributed by atoms with Crippen LogP contribution in [0.1, 0.15) is 92.1 Å². The van der Waals surface area contributed by atoms with E-state index < -0.39 is 53.4 Å². The molecule has 5 atom stereocenters. The molecular formula is C50H61F4N9O8S5. The Morgan fingerprint density at radius 1 is 0.776 bits per heavy atom. The third-order valence-corrected chi connectivity index (χ3v) is 15.3. The van der Waals surface area contributed by atoms with E-state index in [9.17, 15) is 32.3 Å². The number of likely N-dealkylation sites (tertiary alicyclic amines) is 2. The molecule has 0 saturated carbocycles. The number of aromatic amines is 2. The number of halogens is 4. The number of carbonyl (C=O) groups excluding carboxylic acids is 4. The van der Waals surface area contributed by atoms with Gasteiger partial charge in [-0.25, -0.2) is 23.9 Å². The van der Waals surface area contributed by atoms with Crippen molar-refractivity contribution in [3.63, 3.8) is 0 Å². The number of methoxy groups -OCH3 is 2. The number of rotatable bonds is 11. The SMILES string of the molecule is COC(=O)N[C@H](C(=O)N1CCC[C@H]1c1ncc(-c2cc(F)c3c(c2)OC(c2ccc(C(F)(F)F)s2)n2c-3cc3cc(-c4cnc([C@@H]5CCCN5C(=O)[C@@H](NC(=O)OC)C5CCOCC5)[nH]4)ccc32)[nH]1)C(C)C.S.S.S.S. The number of imidazole rings is 2. The van der Waals surface area contributed by atoms with E-state index in [-0.39, 0.29) is 99.9 Å². The second-order valence-corrected chi connectivity index (χ2v) is 20.0. The maximum absolute atomic E-state index is 16.9. The molecule has 0 spiro atoms. The van der Waals surface area contributed by atoms with Gasteiger partial charge in [0, 0.05) is 42.8 Å². The van der Waals surface area contributed by atoms with Crippen LogP contribution >= 0.6 is 65.3 Å². The smallest absolute Gasteiger partial charge is 0.425 e. The summed E-state index contributed by atoms with van der Waals surface area (Å²) in [5.74, 6) is -0.378. The third kappa shape index (κ3) is 11.5. The highest BCUT2D eigenvalue weighted by molar-refractivity contribution is 7.59. The number of benzene rings is 2. The maximum atomic E-state index is 16.9. The molecule has 17 nitrogen and oxygen atoms in total. The van der Waals surface area contributed by atoms with Gasteiger partial charge >= 0.3 is 18.4 Å². The van der Waals surface area contributed by atoms with Crippen molar-refractivity contribution in [1.82, 2.24) is 44.9 Å². The molecule has 4 aliphatic heterocycles. The normalized spacial score (nSPS) is 18.9. The first-order valence-electron chi connectivity index (χ1n) is 23.9. The van der Waals surface area contributed by atoms with Crippen molar-refractivity contribution in [2.24, 2.45) is 11.8 Å². The van der Waals surface area contributed by atoms with Crippen molar-refractivity contribution >= 4 is 100 Å². The number of fused-ring (bicyclic) bond motifs is 5. The van der Waals surface area contributed by atoms with Crippen LogP contribution in [-0.4, -0.2) is 111 Å². The lowest BCUT2D eigenvalue weighted by Gasteiger charge is -2.34. The molecule has 6 aromatic rings. The number of alkyl carbamates (subject to hydrolysis) is 2. The van der Waals surface area contributed by atoms with Crippen LogP contribution in [0.15, 0.2) is 60.9 Å². The summed E-state index contributed by atoms with van der Waals surface area (Å²) in [7, 11) is 2.49. The second kappa shape index (κ2) is 24.4. The standard InChI is InChI=1S/C50H53F4N9O8S.4H2S/c1-25(2)41(59-48(66)68-3)45(64)61-15-5-7-34(61)44-56-24-32(58-44)28-20-30(51)40-36-21-29-19-27(9-10-33(29)63(36)47(71-37(40)22-28)38-11-12-39(72-38)50(52,53)54)31-23-55-43(57-31)35-8-6-16-62(35)46(65)42(60-49(67)69-4)26-13-17-70-18-14-26;;;;/h9-12,19-26,34-35,41-42,47H,5-8,13-18H2,1-4H3,(H,55,57)(H,56,58)(H,59,66)(H,60,67);4*1H2/t34-,35-,41-,42-,47?;;;;/m0..../s1. The molecule has 2 aromatic carbocycles. The van der Waals surface area contributed by atoms with Gasteiger partial charge in [-0.05, 0) is 92.8 Å². The molecule has 8 heterocycles. The predicted octanol–water partition coefficient (Wildman–Crippen LogP) is 9.56. The molecule has 1 unspecified atom stereocenters. The fraction of sp³-hybridized carbons (Fsp3) is 0.440. The molecule has 26 heteroatoms. The number of nitrogens with one attached hydrogen (secondary N) is 4. The van der Waals surface area contributed by atoms with Crippen LogP contribution in [0.2, 0.25) is 0 Å². The minimum Gasteiger partial charge on any atom is -0.464 e. The van der Waals surface area contributed by atoms with Gasteiger partial charge in [0.15, 0.2) is 0 Å². The molecule has 4 aromatic heterocycles. The van der Waals surface area contributed by atoms with E-state index >= 15 is 4.39 Å². The van der Waals surface area contributed by atoms with E-state index in [1.807, 2.05) is 26.0 Å². The van der Waals surface area contributed by atoms with Crippen molar-refractivity contribution in [3.8, 4) is 39.5 Å². The molecule has 76 heavy (non-hydrogen) atoms. The Morgan fingerprint density at radius 2 is 1.38 bits per heavy atom. The van der Waals surface area contributed by atoms with Gasteiger partial charge in [0.05, 0.1) is 71.7 Å². The summed E-state index contributed by atoms with van der Waals surface area (Å²) >= 11 is 0.543. The zero-order valence-electron chi connectivity index (χ0n) is 41.8. The number of nitrogens with zero attached hydrogens (tertiary/aromatic N) is 5. The van der Waals surface area contributed by atoms with Crippen LogP contribution in [0.3, 0.4) is 0 Å². The lowest BCUT2D eigenvalue weighted by molar-refractivity contribution is -0.137. The number of carbonyl (C=O) groups is 4. The topological polar surface area (TPSA) is 198 Å². The van der Waals surface area contributed by atoms with Crippen molar-refractivity contribution in [1.29, 1.82) is 0 Å². The Balaban J connectivity index is 0.00000234. The highest BCUT2D eigenvalue weighted by Gasteiger charge is 2.42. The first kappa shape index (κ1) is 59.7.